The van der Waals surface area contributed by atoms with Crippen molar-refractivity contribution in [1.82, 2.24) is 0 Å². The molecule has 3 aromatic rings. The Morgan fingerprint density at radius 3 is 1.87 bits per heavy atom. The van der Waals surface area contributed by atoms with Gasteiger partial charge in [0.15, 0.2) is 0 Å². The monoisotopic (exact) mass is 420 g/mol. The number of methoxy groups -OCH3 is 1. The molecule has 0 aliphatic carbocycles. The molecule has 31 heavy (non-hydrogen) atoms. The van der Waals surface area contributed by atoms with Gasteiger partial charge in [0.1, 0.15) is 23.0 Å². The first kappa shape index (κ1) is 21.9. The lowest BCUT2D eigenvalue weighted by molar-refractivity contribution is 0.0729. The third-order valence-corrected chi connectivity index (χ3v) is 4.60. The van der Waals surface area contributed by atoms with Crippen molar-refractivity contribution in [3.05, 3.63) is 83.4 Å². The maximum Gasteiger partial charge on any atom is 0.343 e. The molecular formula is C25H24O6. The lowest BCUT2D eigenvalue weighted by Crippen LogP contribution is -2.20. The molecule has 3 rings (SSSR count). The minimum atomic E-state index is -0.538. The number of esters is 2. The molecule has 0 aliphatic rings. The van der Waals surface area contributed by atoms with Crippen molar-refractivity contribution in [2.24, 2.45) is 0 Å². The number of hydrogen-bond acceptors (Lipinski definition) is 6. The molecular weight excluding hydrogens is 396 g/mol. The summed E-state index contributed by atoms with van der Waals surface area (Å²) < 4.78 is 16.0. The van der Waals surface area contributed by atoms with E-state index in [2.05, 4.69) is 0 Å². The van der Waals surface area contributed by atoms with Crippen molar-refractivity contribution in [2.45, 2.75) is 26.2 Å². The molecule has 0 fully saturated rings. The minimum Gasteiger partial charge on any atom is -0.508 e. The summed E-state index contributed by atoms with van der Waals surface area (Å²) in [4.78, 5) is 25.3. The minimum absolute atomic E-state index is 0.0817. The normalized spacial score (nSPS) is 11.0. The van der Waals surface area contributed by atoms with Crippen LogP contribution in [0.5, 0.6) is 23.0 Å². The fourth-order valence-corrected chi connectivity index (χ4v) is 2.95. The second-order valence-electron chi connectivity index (χ2n) is 7.96. The van der Waals surface area contributed by atoms with Crippen LogP contribution in [0, 0.1) is 0 Å². The summed E-state index contributed by atoms with van der Waals surface area (Å²) >= 11 is 0. The van der Waals surface area contributed by atoms with Gasteiger partial charge >= 0.3 is 11.9 Å². The average molecular weight is 420 g/mol. The van der Waals surface area contributed by atoms with E-state index in [0.717, 1.165) is 0 Å². The maximum absolute atomic E-state index is 12.8. The zero-order valence-corrected chi connectivity index (χ0v) is 17.8. The summed E-state index contributed by atoms with van der Waals surface area (Å²) in [6.07, 6.45) is 0. The summed E-state index contributed by atoms with van der Waals surface area (Å²) in [5.41, 5.74) is 1.02. The first-order chi connectivity index (χ1) is 14.7. The van der Waals surface area contributed by atoms with Crippen LogP contribution in [0.2, 0.25) is 0 Å². The number of carbonyl (C=O) groups excluding carboxylic acids is 2. The van der Waals surface area contributed by atoms with Gasteiger partial charge in [-0.15, -0.1) is 0 Å². The molecule has 0 radical (unpaired) electrons. The van der Waals surface area contributed by atoms with Gasteiger partial charge in [-0.25, -0.2) is 9.59 Å². The number of benzene rings is 3. The molecule has 0 saturated heterocycles. The van der Waals surface area contributed by atoms with Gasteiger partial charge in [-0.2, -0.15) is 0 Å². The smallest absolute Gasteiger partial charge is 0.343 e. The first-order valence-corrected chi connectivity index (χ1v) is 9.69. The Kier molecular flexibility index (Phi) is 6.30. The van der Waals surface area contributed by atoms with Crippen molar-refractivity contribution in [3.8, 4) is 23.0 Å². The van der Waals surface area contributed by atoms with Gasteiger partial charge in [0.25, 0.3) is 0 Å². The molecule has 6 nitrogen and oxygen atoms in total. The van der Waals surface area contributed by atoms with Crippen LogP contribution < -0.4 is 14.2 Å². The van der Waals surface area contributed by atoms with Crippen LogP contribution in [0.15, 0.2) is 66.7 Å². The van der Waals surface area contributed by atoms with Gasteiger partial charge in [-0.3, -0.25) is 0 Å². The quantitative estimate of drug-likeness (QED) is 0.455. The Bertz CT molecular complexity index is 1080. The zero-order valence-electron chi connectivity index (χ0n) is 17.8. The number of carbonyl (C=O) groups is 2. The fraction of sp³-hybridized carbons (Fsp3) is 0.200. The summed E-state index contributed by atoms with van der Waals surface area (Å²) in [5, 5.41) is 9.38. The van der Waals surface area contributed by atoms with Crippen molar-refractivity contribution in [1.29, 1.82) is 0 Å². The van der Waals surface area contributed by atoms with E-state index in [0.29, 0.717) is 33.9 Å². The second kappa shape index (κ2) is 8.92. The maximum atomic E-state index is 12.8. The Labute approximate surface area is 181 Å². The lowest BCUT2D eigenvalue weighted by Gasteiger charge is -2.23. The number of ether oxygens (including phenoxy) is 3. The van der Waals surface area contributed by atoms with E-state index >= 15 is 0 Å². The van der Waals surface area contributed by atoms with Crippen LogP contribution in [0.3, 0.4) is 0 Å². The Hall–Kier alpha value is -3.80. The second-order valence-corrected chi connectivity index (χ2v) is 7.96. The number of phenolic OH excluding ortho intramolecular Hbond substituents is 1. The highest BCUT2D eigenvalue weighted by Gasteiger charge is 2.24. The van der Waals surface area contributed by atoms with Crippen LogP contribution in [0.25, 0.3) is 0 Å². The van der Waals surface area contributed by atoms with Crippen LogP contribution in [0.1, 0.15) is 47.1 Å². The van der Waals surface area contributed by atoms with Gasteiger partial charge in [-0.05, 0) is 77.7 Å². The molecule has 0 amide bonds. The Balaban J connectivity index is 1.84. The number of rotatable bonds is 5. The van der Waals surface area contributed by atoms with E-state index in [-0.39, 0.29) is 5.75 Å². The number of phenols is 1. The van der Waals surface area contributed by atoms with E-state index in [1.807, 2.05) is 20.8 Å². The van der Waals surface area contributed by atoms with Crippen molar-refractivity contribution >= 4 is 11.9 Å². The van der Waals surface area contributed by atoms with Crippen molar-refractivity contribution in [3.63, 3.8) is 0 Å². The molecule has 1 N–H and O–H groups in total. The Morgan fingerprint density at radius 2 is 1.29 bits per heavy atom. The van der Waals surface area contributed by atoms with Gasteiger partial charge in [0.05, 0.1) is 18.2 Å². The highest BCUT2D eigenvalue weighted by atomic mass is 16.5. The lowest BCUT2D eigenvalue weighted by atomic mass is 9.83. The SMILES string of the molecule is COc1ccc(C(=O)Oc2ccc(C(=O)Oc3ccc(O)cc3)c(C(C)(C)C)c2)cc1. The molecule has 0 heterocycles. The summed E-state index contributed by atoms with van der Waals surface area (Å²) in [6, 6.07) is 17.3. The highest BCUT2D eigenvalue weighted by Crippen LogP contribution is 2.31. The zero-order chi connectivity index (χ0) is 22.6. The molecule has 0 aliphatic heterocycles. The number of hydrogen-bond donors (Lipinski definition) is 1. The van der Waals surface area contributed by atoms with Crippen LogP contribution >= 0.6 is 0 Å². The van der Waals surface area contributed by atoms with E-state index < -0.39 is 17.4 Å². The summed E-state index contributed by atoms with van der Waals surface area (Å²) in [5.74, 6) is 0.316. The predicted octanol–water partition coefficient (Wildman–Crippen LogP) is 5.14. The molecule has 0 unspecified atom stereocenters. The average Bonchev–Trinajstić information content (AvgIpc) is 2.74. The molecule has 0 saturated carbocycles. The largest absolute Gasteiger partial charge is 0.508 e. The molecule has 6 heteroatoms. The molecule has 0 atom stereocenters. The van der Waals surface area contributed by atoms with E-state index in [1.165, 1.54) is 24.3 Å². The van der Waals surface area contributed by atoms with Gasteiger partial charge < -0.3 is 19.3 Å². The summed E-state index contributed by atoms with van der Waals surface area (Å²) in [7, 11) is 1.55. The topological polar surface area (TPSA) is 82.1 Å². The van der Waals surface area contributed by atoms with E-state index in [1.54, 1.807) is 49.6 Å². The molecule has 0 aromatic heterocycles. The first-order valence-electron chi connectivity index (χ1n) is 9.69. The van der Waals surface area contributed by atoms with Gasteiger partial charge in [0, 0.05) is 0 Å². The standard InChI is InChI=1S/C25H24O6/c1-25(2,3)22-15-20(31-23(27)16-5-9-18(29-4)10-6-16)13-14-21(22)24(28)30-19-11-7-17(26)8-12-19/h5-15,26H,1-4H3. The highest BCUT2D eigenvalue weighted by molar-refractivity contribution is 5.94. The van der Waals surface area contributed by atoms with Gasteiger partial charge in [0.2, 0.25) is 0 Å². The number of aromatic hydroxyl groups is 1. The molecule has 0 spiro atoms. The van der Waals surface area contributed by atoms with E-state index in [9.17, 15) is 14.7 Å². The fourth-order valence-electron chi connectivity index (χ4n) is 2.95. The summed E-state index contributed by atoms with van der Waals surface area (Å²) in [6.45, 7) is 5.86. The van der Waals surface area contributed by atoms with Crippen LogP contribution in [0.4, 0.5) is 0 Å². The predicted molar refractivity (Wildman–Crippen MR) is 116 cm³/mol. The van der Waals surface area contributed by atoms with Crippen molar-refractivity contribution < 1.29 is 28.9 Å². The third kappa shape index (κ3) is 5.42. The molecule has 3 aromatic carbocycles. The molecule has 160 valence electrons. The molecule has 0 bridgehead atoms. The Morgan fingerprint density at radius 1 is 0.742 bits per heavy atom. The van der Waals surface area contributed by atoms with E-state index in [4.69, 9.17) is 14.2 Å². The third-order valence-electron chi connectivity index (χ3n) is 4.60. The van der Waals surface area contributed by atoms with Crippen LogP contribution in [-0.4, -0.2) is 24.2 Å². The van der Waals surface area contributed by atoms with Crippen LogP contribution in [-0.2, 0) is 5.41 Å². The van der Waals surface area contributed by atoms with Crippen molar-refractivity contribution in [2.75, 3.05) is 7.11 Å². The van der Waals surface area contributed by atoms with Gasteiger partial charge in [-0.1, -0.05) is 20.8 Å².